The largest absolute Gasteiger partial charge is 0.480 e. The number of rotatable bonds is 2. The standard InChI is InChI=1S/C10H15NO4S/c1-10(2,3)8(9(14)15)11-6(12)4-16-5-7(11)13/h8H,4-5H2,1-3H3,(H,14,15). The van der Waals surface area contributed by atoms with Crippen molar-refractivity contribution in [1.29, 1.82) is 0 Å². The quantitative estimate of drug-likeness (QED) is 0.721. The van der Waals surface area contributed by atoms with Crippen LogP contribution in [0.1, 0.15) is 20.8 Å². The summed E-state index contributed by atoms with van der Waals surface area (Å²) in [5.74, 6) is -1.62. The van der Waals surface area contributed by atoms with Gasteiger partial charge in [-0.1, -0.05) is 20.8 Å². The van der Waals surface area contributed by atoms with E-state index < -0.39 is 29.2 Å². The molecule has 1 aliphatic rings. The van der Waals surface area contributed by atoms with E-state index in [-0.39, 0.29) is 11.5 Å². The number of aliphatic carboxylic acids is 1. The molecule has 1 unspecified atom stereocenters. The minimum absolute atomic E-state index is 0.172. The molecule has 0 bridgehead atoms. The number of thioether (sulfide) groups is 1. The second-order valence-corrected chi connectivity index (χ2v) is 5.74. The normalized spacial score (nSPS) is 19.8. The summed E-state index contributed by atoms with van der Waals surface area (Å²) in [5, 5.41) is 9.14. The first-order valence-corrected chi connectivity index (χ1v) is 6.06. The SMILES string of the molecule is CC(C)(C)C(C(=O)O)N1C(=O)CSCC1=O. The Morgan fingerprint density at radius 2 is 1.75 bits per heavy atom. The molecule has 1 aliphatic heterocycles. The van der Waals surface area contributed by atoms with E-state index in [1.807, 2.05) is 0 Å². The molecule has 1 fully saturated rings. The molecule has 1 rings (SSSR count). The zero-order chi connectivity index (χ0) is 12.5. The molecular formula is C10H15NO4S. The Hall–Kier alpha value is -1.04. The molecule has 2 amide bonds. The molecule has 1 heterocycles. The highest BCUT2D eigenvalue weighted by molar-refractivity contribution is 8.00. The van der Waals surface area contributed by atoms with Crippen molar-refractivity contribution in [3.8, 4) is 0 Å². The Labute approximate surface area is 98.2 Å². The first-order valence-electron chi connectivity index (χ1n) is 4.90. The predicted octanol–water partition coefficient (Wildman–Crippen LogP) is 0.588. The van der Waals surface area contributed by atoms with Crippen LogP contribution in [0.3, 0.4) is 0 Å². The number of carbonyl (C=O) groups is 3. The van der Waals surface area contributed by atoms with Crippen LogP contribution in [0.4, 0.5) is 0 Å². The second kappa shape index (κ2) is 4.45. The van der Waals surface area contributed by atoms with E-state index in [2.05, 4.69) is 0 Å². The molecule has 1 N–H and O–H groups in total. The highest BCUT2D eigenvalue weighted by Gasteiger charge is 2.43. The van der Waals surface area contributed by atoms with E-state index in [9.17, 15) is 14.4 Å². The molecule has 1 atom stereocenters. The Morgan fingerprint density at radius 1 is 1.31 bits per heavy atom. The van der Waals surface area contributed by atoms with E-state index >= 15 is 0 Å². The summed E-state index contributed by atoms with van der Waals surface area (Å²) in [6.45, 7) is 5.11. The number of amides is 2. The minimum atomic E-state index is -1.14. The summed E-state index contributed by atoms with van der Waals surface area (Å²) in [6, 6.07) is -1.09. The maximum atomic E-state index is 11.6. The van der Waals surface area contributed by atoms with Crippen LogP contribution in [0.25, 0.3) is 0 Å². The van der Waals surface area contributed by atoms with Crippen molar-refractivity contribution in [2.24, 2.45) is 5.41 Å². The molecule has 0 aromatic carbocycles. The fourth-order valence-corrected chi connectivity index (χ4v) is 2.39. The molecule has 1 saturated heterocycles. The van der Waals surface area contributed by atoms with Crippen LogP contribution in [0.5, 0.6) is 0 Å². The molecule has 0 aromatic heterocycles. The van der Waals surface area contributed by atoms with Gasteiger partial charge in [-0.15, -0.1) is 11.8 Å². The highest BCUT2D eigenvalue weighted by Crippen LogP contribution is 2.28. The number of hydrogen-bond acceptors (Lipinski definition) is 4. The predicted molar refractivity (Wildman–Crippen MR) is 60.1 cm³/mol. The maximum absolute atomic E-state index is 11.6. The summed E-state index contributed by atoms with van der Waals surface area (Å²) >= 11 is 1.22. The van der Waals surface area contributed by atoms with Gasteiger partial charge in [0.25, 0.3) is 0 Å². The number of carboxylic acids is 1. The van der Waals surface area contributed by atoms with E-state index in [4.69, 9.17) is 5.11 Å². The average molecular weight is 245 g/mol. The van der Waals surface area contributed by atoms with E-state index in [1.165, 1.54) is 11.8 Å². The Bertz CT molecular complexity index is 318. The number of imide groups is 1. The van der Waals surface area contributed by atoms with Crippen LogP contribution in [0.15, 0.2) is 0 Å². The third-order valence-electron chi connectivity index (χ3n) is 2.30. The van der Waals surface area contributed by atoms with Crippen molar-refractivity contribution in [1.82, 2.24) is 4.90 Å². The molecule has 5 nitrogen and oxygen atoms in total. The van der Waals surface area contributed by atoms with Gasteiger partial charge in [-0.2, -0.15) is 0 Å². The van der Waals surface area contributed by atoms with Crippen molar-refractivity contribution in [2.45, 2.75) is 26.8 Å². The van der Waals surface area contributed by atoms with Gasteiger partial charge in [-0.3, -0.25) is 14.5 Å². The van der Waals surface area contributed by atoms with Crippen LogP contribution in [0, 0.1) is 5.41 Å². The van der Waals surface area contributed by atoms with Gasteiger partial charge in [-0.05, 0) is 5.41 Å². The summed E-state index contributed by atoms with van der Waals surface area (Å²) in [5.41, 5.74) is -0.668. The zero-order valence-electron chi connectivity index (χ0n) is 9.52. The molecule has 0 radical (unpaired) electrons. The van der Waals surface area contributed by atoms with Crippen molar-refractivity contribution in [3.63, 3.8) is 0 Å². The molecule has 16 heavy (non-hydrogen) atoms. The third kappa shape index (κ3) is 2.55. The Morgan fingerprint density at radius 3 is 2.06 bits per heavy atom. The average Bonchev–Trinajstić information content (AvgIpc) is 2.08. The maximum Gasteiger partial charge on any atom is 0.327 e. The minimum Gasteiger partial charge on any atom is -0.480 e. The van der Waals surface area contributed by atoms with Crippen LogP contribution in [-0.2, 0) is 14.4 Å². The number of nitrogens with zero attached hydrogens (tertiary/aromatic N) is 1. The van der Waals surface area contributed by atoms with E-state index in [0.29, 0.717) is 0 Å². The molecule has 0 saturated carbocycles. The zero-order valence-corrected chi connectivity index (χ0v) is 10.3. The Kier molecular flexibility index (Phi) is 3.62. The summed E-state index contributed by atoms with van der Waals surface area (Å²) in [7, 11) is 0. The first-order chi connectivity index (χ1) is 7.25. The fraction of sp³-hybridized carbons (Fsp3) is 0.700. The highest BCUT2D eigenvalue weighted by atomic mass is 32.2. The molecule has 0 spiro atoms. The smallest absolute Gasteiger partial charge is 0.327 e. The monoisotopic (exact) mass is 245 g/mol. The van der Waals surface area contributed by atoms with Gasteiger partial charge in [0.1, 0.15) is 6.04 Å². The van der Waals surface area contributed by atoms with Crippen molar-refractivity contribution in [2.75, 3.05) is 11.5 Å². The van der Waals surface area contributed by atoms with Gasteiger partial charge in [0.05, 0.1) is 11.5 Å². The topological polar surface area (TPSA) is 74.7 Å². The lowest BCUT2D eigenvalue weighted by molar-refractivity contribution is -0.161. The number of hydrogen-bond donors (Lipinski definition) is 1. The third-order valence-corrected chi connectivity index (χ3v) is 3.20. The van der Waals surface area contributed by atoms with E-state index in [1.54, 1.807) is 20.8 Å². The second-order valence-electron chi connectivity index (χ2n) is 4.76. The molecule has 6 heteroatoms. The number of carbonyl (C=O) groups excluding carboxylic acids is 2. The van der Waals surface area contributed by atoms with Crippen LogP contribution in [0.2, 0.25) is 0 Å². The Balaban J connectivity index is 3.06. The van der Waals surface area contributed by atoms with E-state index in [0.717, 1.165) is 4.90 Å². The lowest BCUT2D eigenvalue weighted by Crippen LogP contribution is -2.57. The lowest BCUT2D eigenvalue weighted by Gasteiger charge is -2.37. The summed E-state index contributed by atoms with van der Waals surface area (Å²) in [4.78, 5) is 35.3. The van der Waals surface area contributed by atoms with Gasteiger partial charge >= 0.3 is 5.97 Å². The summed E-state index contributed by atoms with van der Waals surface area (Å²) < 4.78 is 0. The summed E-state index contributed by atoms with van der Waals surface area (Å²) in [6.07, 6.45) is 0. The fourth-order valence-electron chi connectivity index (χ4n) is 1.66. The molecule has 0 aliphatic carbocycles. The van der Waals surface area contributed by atoms with Gasteiger partial charge in [0.15, 0.2) is 0 Å². The molecule has 90 valence electrons. The van der Waals surface area contributed by atoms with Crippen LogP contribution >= 0.6 is 11.8 Å². The van der Waals surface area contributed by atoms with Crippen molar-refractivity contribution >= 4 is 29.5 Å². The van der Waals surface area contributed by atoms with Gasteiger partial charge in [-0.25, -0.2) is 4.79 Å². The first kappa shape index (κ1) is 13.0. The molecule has 0 aromatic rings. The van der Waals surface area contributed by atoms with Gasteiger partial charge in [0, 0.05) is 0 Å². The van der Waals surface area contributed by atoms with Gasteiger partial charge in [0.2, 0.25) is 11.8 Å². The molecular weight excluding hydrogens is 230 g/mol. The van der Waals surface area contributed by atoms with Crippen LogP contribution < -0.4 is 0 Å². The van der Waals surface area contributed by atoms with Gasteiger partial charge < -0.3 is 5.11 Å². The van der Waals surface area contributed by atoms with Crippen molar-refractivity contribution in [3.05, 3.63) is 0 Å². The van der Waals surface area contributed by atoms with Crippen molar-refractivity contribution < 1.29 is 19.5 Å². The lowest BCUT2D eigenvalue weighted by atomic mass is 9.85. The van der Waals surface area contributed by atoms with Crippen LogP contribution in [-0.4, -0.2) is 45.3 Å². The number of carboxylic acid groups (broad SMARTS) is 1.